The summed E-state index contributed by atoms with van der Waals surface area (Å²) in [4.78, 5) is 7.14. The van der Waals surface area contributed by atoms with Crippen molar-refractivity contribution in [1.29, 1.82) is 0 Å². The van der Waals surface area contributed by atoms with Gasteiger partial charge in [-0.2, -0.15) is 8.42 Å². The topological polar surface area (TPSA) is 240 Å². The highest BCUT2D eigenvalue weighted by Gasteiger charge is 2.15. The van der Waals surface area contributed by atoms with E-state index >= 15 is 0 Å². The van der Waals surface area contributed by atoms with Crippen molar-refractivity contribution in [2.45, 2.75) is 64.8 Å². The summed E-state index contributed by atoms with van der Waals surface area (Å²) in [6.45, 7) is 12.7. The maximum Gasteiger partial charge on any atom is 0.394 e. The molecule has 0 saturated heterocycles. The third-order valence-electron chi connectivity index (χ3n) is 4.27. The van der Waals surface area contributed by atoms with Gasteiger partial charge >= 0.3 is 10.4 Å². The van der Waals surface area contributed by atoms with Crippen LogP contribution in [-0.2, 0) is 10.4 Å². The molecule has 0 spiro atoms. The second kappa shape index (κ2) is 17.3. The van der Waals surface area contributed by atoms with E-state index in [0.717, 1.165) is 0 Å². The van der Waals surface area contributed by atoms with E-state index in [9.17, 15) is 30.6 Å². The van der Waals surface area contributed by atoms with Crippen LogP contribution in [0.25, 0.3) is 0 Å². The predicted octanol–water partition coefficient (Wildman–Crippen LogP) is 0.645. The molecule has 2 rings (SSSR count). The zero-order chi connectivity index (χ0) is 31.2. The first-order valence-electron chi connectivity index (χ1n) is 11.6. The van der Waals surface area contributed by atoms with Crippen molar-refractivity contribution >= 4 is 20.9 Å². The molecule has 0 aromatic heterocycles. The standard InChI is InChI=1S/2C12H19NO3.H2O4S.H4OSi/c2*1-12(2,3)13-7-11(16)8-4-9(14)6-10(15)5-8;1-5(2,3)4;1-2/h2*4-6,11,13-16H,7H2,1-3H3;(H2,1,2,3,4);1H,2H3. The number of phenolic OH excluding ortho intramolecular Hbond substituents is 4. The monoisotopic (exact) mass is 596 g/mol. The number of nitrogens with one attached hydrogen (secondary N) is 2. The lowest BCUT2D eigenvalue weighted by Crippen LogP contribution is -2.38. The molecule has 13 nitrogen and oxygen atoms in total. The Morgan fingerprint density at radius 3 is 1.03 bits per heavy atom. The lowest BCUT2D eigenvalue weighted by atomic mass is 10.1. The molecule has 0 aliphatic heterocycles. The molecule has 0 radical (unpaired) electrons. The van der Waals surface area contributed by atoms with Gasteiger partial charge in [0.05, 0.1) is 12.2 Å². The highest BCUT2D eigenvalue weighted by Crippen LogP contribution is 2.25. The Kier molecular flexibility index (Phi) is 17.1. The van der Waals surface area contributed by atoms with Gasteiger partial charge in [-0.05, 0) is 76.9 Å². The highest BCUT2D eigenvalue weighted by atomic mass is 32.3. The van der Waals surface area contributed by atoms with Gasteiger partial charge in [0.1, 0.15) is 33.5 Å². The molecule has 2 aromatic carbocycles. The first-order valence-corrected chi connectivity index (χ1v) is 13.9. The van der Waals surface area contributed by atoms with Gasteiger partial charge in [-0.1, -0.05) is 0 Å². The molecule has 0 aliphatic carbocycles. The van der Waals surface area contributed by atoms with Crippen LogP contribution in [0.1, 0.15) is 64.9 Å². The van der Waals surface area contributed by atoms with Gasteiger partial charge in [-0.25, -0.2) is 0 Å². The van der Waals surface area contributed by atoms with Gasteiger partial charge in [0.25, 0.3) is 0 Å². The van der Waals surface area contributed by atoms with E-state index in [0.29, 0.717) is 34.7 Å². The van der Waals surface area contributed by atoms with Crippen molar-refractivity contribution in [3.05, 3.63) is 47.5 Å². The average molecular weight is 597 g/mol. The number of aliphatic hydroxyl groups excluding tert-OH is 2. The van der Waals surface area contributed by atoms with Gasteiger partial charge in [0.2, 0.25) is 0 Å². The van der Waals surface area contributed by atoms with Crippen LogP contribution in [0.4, 0.5) is 0 Å². The van der Waals surface area contributed by atoms with Gasteiger partial charge < -0.3 is 46.1 Å². The fourth-order valence-electron chi connectivity index (χ4n) is 2.66. The van der Waals surface area contributed by atoms with Crippen molar-refractivity contribution in [2.75, 3.05) is 13.1 Å². The molecule has 0 bridgehead atoms. The molecule has 11 N–H and O–H groups in total. The minimum Gasteiger partial charge on any atom is -0.508 e. The van der Waals surface area contributed by atoms with Crippen molar-refractivity contribution in [1.82, 2.24) is 10.6 Å². The Balaban J connectivity index is 0. The lowest BCUT2D eigenvalue weighted by Gasteiger charge is -2.23. The van der Waals surface area contributed by atoms with Crippen LogP contribution >= 0.6 is 0 Å². The molecule has 15 heteroatoms. The molecule has 0 saturated carbocycles. The Morgan fingerprint density at radius 1 is 0.641 bits per heavy atom. The zero-order valence-corrected chi connectivity index (χ0v) is 26.1. The van der Waals surface area contributed by atoms with Crippen molar-refractivity contribution in [3.63, 3.8) is 0 Å². The minimum atomic E-state index is -4.67. The molecule has 0 heterocycles. The Morgan fingerprint density at radius 2 is 0.846 bits per heavy atom. The second-order valence-electron chi connectivity index (χ2n) is 10.3. The maximum absolute atomic E-state index is 9.85. The van der Waals surface area contributed by atoms with Crippen LogP contribution in [-0.4, -0.2) is 87.6 Å². The van der Waals surface area contributed by atoms with E-state index < -0.39 is 22.6 Å². The van der Waals surface area contributed by atoms with Crippen LogP contribution in [0.3, 0.4) is 0 Å². The second-order valence-corrected chi connectivity index (χ2v) is 11.2. The Hall–Kier alpha value is -2.47. The van der Waals surface area contributed by atoms with E-state index in [1.165, 1.54) is 36.4 Å². The number of aliphatic hydroxyl groups is 2. The summed E-state index contributed by atoms with van der Waals surface area (Å²) in [6.07, 6.45) is -1.51. The van der Waals surface area contributed by atoms with Crippen LogP contribution in [0.15, 0.2) is 36.4 Å². The number of benzene rings is 2. The van der Waals surface area contributed by atoms with E-state index in [1.807, 2.05) is 41.5 Å². The summed E-state index contributed by atoms with van der Waals surface area (Å²) in [5.74, 6) is -0.204. The van der Waals surface area contributed by atoms with Crippen LogP contribution in [0.5, 0.6) is 23.0 Å². The zero-order valence-electron chi connectivity index (χ0n) is 23.3. The smallest absolute Gasteiger partial charge is 0.394 e. The molecular weight excluding hydrogens is 552 g/mol. The third-order valence-corrected chi connectivity index (χ3v) is 4.27. The normalized spacial score (nSPS) is 13.0. The molecule has 0 amide bonds. The van der Waals surface area contributed by atoms with E-state index in [4.69, 9.17) is 22.3 Å². The Labute approximate surface area is 232 Å². The molecule has 39 heavy (non-hydrogen) atoms. The number of rotatable bonds is 6. The number of hydrogen-bond donors (Lipinski definition) is 11. The first kappa shape index (κ1) is 38.7. The average Bonchev–Trinajstić information content (AvgIpc) is 2.74. The van der Waals surface area contributed by atoms with Gasteiger partial charge in [0, 0.05) is 36.3 Å². The van der Waals surface area contributed by atoms with Gasteiger partial charge in [0.15, 0.2) is 0 Å². The quantitative estimate of drug-likeness (QED) is 0.162. The number of phenols is 4. The van der Waals surface area contributed by atoms with Crippen LogP contribution < -0.4 is 10.6 Å². The SMILES string of the molecule is CC(C)(C)NCC(O)c1cc(O)cc(O)c1.CC(C)(C)NCC(O)c1cc(O)cc(O)c1.O=S(=O)(O)O.O[SiH3]. The summed E-state index contributed by atoms with van der Waals surface area (Å²) in [7, 11) is -4.36. The van der Waals surface area contributed by atoms with E-state index in [2.05, 4.69) is 10.6 Å². The predicted molar refractivity (Wildman–Crippen MR) is 151 cm³/mol. The summed E-state index contributed by atoms with van der Waals surface area (Å²) in [5.41, 5.74) is 0.822. The van der Waals surface area contributed by atoms with Crippen LogP contribution in [0.2, 0.25) is 0 Å². The summed E-state index contributed by atoms with van der Waals surface area (Å²) < 4.78 is 31.6. The number of β-amino-alcohol motifs (C(OH)–C–C–N with tert-alkyl or cyclic N) is 2. The van der Waals surface area contributed by atoms with Gasteiger partial charge in [-0.15, -0.1) is 0 Å². The minimum absolute atomic E-state index is 0.0511. The number of hydrogen-bond acceptors (Lipinski definition) is 11. The van der Waals surface area contributed by atoms with Crippen molar-refractivity contribution in [2.24, 2.45) is 0 Å². The van der Waals surface area contributed by atoms with Gasteiger partial charge in [-0.3, -0.25) is 9.11 Å². The van der Waals surface area contributed by atoms with Crippen LogP contribution in [0, 0.1) is 0 Å². The summed E-state index contributed by atoms with van der Waals surface area (Å²) in [5, 5.41) is 63.1. The molecule has 2 atom stereocenters. The highest BCUT2D eigenvalue weighted by molar-refractivity contribution is 7.79. The third kappa shape index (κ3) is 23.2. The molecule has 0 fully saturated rings. The van der Waals surface area contributed by atoms with E-state index in [-0.39, 0.29) is 34.1 Å². The first-order chi connectivity index (χ1) is 17.6. The van der Waals surface area contributed by atoms with Crippen molar-refractivity contribution < 1.29 is 53.0 Å². The van der Waals surface area contributed by atoms with Crippen molar-refractivity contribution in [3.8, 4) is 23.0 Å². The maximum atomic E-state index is 9.85. The number of aromatic hydroxyl groups is 4. The summed E-state index contributed by atoms with van der Waals surface area (Å²) in [6, 6.07) is 8.22. The fraction of sp³-hybridized carbons (Fsp3) is 0.500. The molecular formula is C24H44N2O11SSi. The molecule has 2 unspecified atom stereocenters. The summed E-state index contributed by atoms with van der Waals surface area (Å²) >= 11 is 0. The molecule has 226 valence electrons. The Bertz CT molecular complexity index is 968. The molecule has 2 aromatic rings. The lowest BCUT2D eigenvalue weighted by molar-refractivity contribution is 0.162. The largest absolute Gasteiger partial charge is 0.508 e. The van der Waals surface area contributed by atoms with E-state index in [1.54, 1.807) is 0 Å². The molecule has 0 aliphatic rings. The fourth-order valence-corrected chi connectivity index (χ4v) is 2.66.